The molecule has 33 heavy (non-hydrogen) atoms. The highest BCUT2D eigenvalue weighted by molar-refractivity contribution is 5.83. The number of aromatic nitrogens is 2. The lowest BCUT2D eigenvalue weighted by molar-refractivity contribution is 0.280. The van der Waals surface area contributed by atoms with Crippen LogP contribution in [0.4, 0.5) is 11.5 Å². The van der Waals surface area contributed by atoms with Crippen molar-refractivity contribution in [2.24, 2.45) is 0 Å². The highest BCUT2D eigenvalue weighted by atomic mass is 16.5. The highest BCUT2D eigenvalue weighted by Gasteiger charge is 2.15. The van der Waals surface area contributed by atoms with Gasteiger partial charge in [0.15, 0.2) is 16.8 Å². The number of nitrogens with zero attached hydrogens (tertiary/aromatic N) is 2. The number of nitrogens with one attached hydrogen (secondary N) is 1. The number of ether oxygens (including phenoxy) is 1. The summed E-state index contributed by atoms with van der Waals surface area (Å²) in [6.45, 7) is -0.509. The topological polar surface area (TPSA) is 106 Å². The Morgan fingerprint density at radius 2 is 1.88 bits per heavy atom. The van der Waals surface area contributed by atoms with Gasteiger partial charge >= 0.3 is 0 Å². The summed E-state index contributed by atoms with van der Waals surface area (Å²) in [6.07, 6.45) is 1.56. The molecular formula is C25H19N3O5. The number of fused-ring (bicyclic) bond motifs is 2. The zero-order valence-corrected chi connectivity index (χ0v) is 17.6. The second kappa shape index (κ2) is 8.25. The summed E-state index contributed by atoms with van der Waals surface area (Å²) in [4.78, 5) is 30.2. The number of aliphatic hydroxyl groups excluding tert-OH is 1. The van der Waals surface area contributed by atoms with Crippen molar-refractivity contribution in [2.75, 3.05) is 12.4 Å². The Kier molecular flexibility index (Phi) is 5.12. The van der Waals surface area contributed by atoms with Crippen LogP contribution in [0, 0.1) is 0 Å². The normalized spacial score (nSPS) is 11.1. The SMILES string of the molecule is COc1cccn2c(=O)c(CO)c(Nc3ccc4oc(-c5ccccc5)cc(=O)c4c3)nc12. The monoisotopic (exact) mass is 441 g/mol. The first-order valence-corrected chi connectivity index (χ1v) is 10.2. The van der Waals surface area contributed by atoms with Crippen LogP contribution in [0.25, 0.3) is 27.9 Å². The molecule has 8 nitrogen and oxygen atoms in total. The van der Waals surface area contributed by atoms with Crippen molar-refractivity contribution in [1.29, 1.82) is 0 Å². The maximum atomic E-state index is 12.9. The molecule has 0 aliphatic carbocycles. The minimum atomic E-state index is -0.509. The predicted molar refractivity (Wildman–Crippen MR) is 125 cm³/mol. The van der Waals surface area contributed by atoms with Crippen LogP contribution < -0.4 is 21.0 Å². The van der Waals surface area contributed by atoms with E-state index in [1.165, 1.54) is 17.6 Å². The Bertz CT molecular complexity index is 1610. The van der Waals surface area contributed by atoms with E-state index in [1.54, 1.807) is 36.5 Å². The van der Waals surface area contributed by atoms with E-state index >= 15 is 0 Å². The molecule has 3 heterocycles. The van der Waals surface area contributed by atoms with Crippen molar-refractivity contribution in [3.8, 4) is 17.1 Å². The number of hydrogen-bond donors (Lipinski definition) is 2. The van der Waals surface area contributed by atoms with Gasteiger partial charge in [0.05, 0.1) is 24.7 Å². The molecule has 0 aliphatic heterocycles. The van der Waals surface area contributed by atoms with Gasteiger partial charge in [0.1, 0.15) is 17.2 Å². The minimum Gasteiger partial charge on any atom is -0.493 e. The summed E-state index contributed by atoms with van der Waals surface area (Å²) >= 11 is 0. The van der Waals surface area contributed by atoms with Crippen LogP contribution in [0.2, 0.25) is 0 Å². The van der Waals surface area contributed by atoms with Crippen molar-refractivity contribution in [3.05, 3.63) is 99.1 Å². The lowest BCUT2D eigenvalue weighted by Gasteiger charge is -2.13. The number of pyridine rings is 1. The summed E-state index contributed by atoms with van der Waals surface area (Å²) in [5.74, 6) is 1.07. The Labute approximate surface area is 187 Å². The molecule has 0 unspecified atom stereocenters. The minimum absolute atomic E-state index is 0.0901. The molecule has 8 heteroatoms. The van der Waals surface area contributed by atoms with Gasteiger partial charge in [-0.25, -0.2) is 4.98 Å². The number of rotatable bonds is 5. The van der Waals surface area contributed by atoms with Gasteiger partial charge in [0.25, 0.3) is 5.56 Å². The molecule has 0 saturated carbocycles. The number of hydrogen-bond acceptors (Lipinski definition) is 7. The van der Waals surface area contributed by atoms with E-state index in [0.717, 1.165) is 5.56 Å². The van der Waals surface area contributed by atoms with Crippen LogP contribution in [-0.2, 0) is 6.61 Å². The molecule has 2 N–H and O–H groups in total. The van der Waals surface area contributed by atoms with E-state index in [9.17, 15) is 14.7 Å². The average Bonchev–Trinajstić information content (AvgIpc) is 2.85. The zero-order chi connectivity index (χ0) is 22.9. The van der Waals surface area contributed by atoms with Crippen LogP contribution in [-0.4, -0.2) is 21.6 Å². The van der Waals surface area contributed by atoms with Gasteiger partial charge in [-0.05, 0) is 30.3 Å². The van der Waals surface area contributed by atoms with E-state index in [-0.39, 0.29) is 16.8 Å². The maximum Gasteiger partial charge on any atom is 0.265 e. The van der Waals surface area contributed by atoms with Gasteiger partial charge in [-0.2, -0.15) is 0 Å². The molecule has 0 amide bonds. The van der Waals surface area contributed by atoms with E-state index in [4.69, 9.17) is 9.15 Å². The molecule has 0 atom stereocenters. The van der Waals surface area contributed by atoms with Gasteiger partial charge in [0, 0.05) is 23.5 Å². The molecule has 5 rings (SSSR count). The predicted octanol–water partition coefficient (Wildman–Crippen LogP) is 3.71. The summed E-state index contributed by atoms with van der Waals surface area (Å²) in [6, 6.07) is 19.2. The third-order valence-electron chi connectivity index (χ3n) is 5.34. The molecule has 0 aliphatic rings. The van der Waals surface area contributed by atoms with Crippen LogP contribution in [0.1, 0.15) is 5.56 Å². The summed E-state index contributed by atoms with van der Waals surface area (Å²) in [7, 11) is 1.49. The van der Waals surface area contributed by atoms with Crippen molar-refractivity contribution < 1.29 is 14.3 Å². The first kappa shape index (κ1) is 20.5. The van der Waals surface area contributed by atoms with E-state index in [0.29, 0.717) is 33.8 Å². The standard InChI is InChI=1S/C25H19N3O5/c1-32-21-8-5-11-28-24(21)27-23(18(14-29)25(28)31)26-16-9-10-20-17(12-16)19(30)13-22(33-20)15-6-3-2-4-7-15/h2-13,26,29H,14H2,1H3. The van der Waals surface area contributed by atoms with Crippen molar-refractivity contribution in [1.82, 2.24) is 9.38 Å². The fourth-order valence-electron chi connectivity index (χ4n) is 3.69. The van der Waals surface area contributed by atoms with Crippen LogP contribution >= 0.6 is 0 Å². The largest absolute Gasteiger partial charge is 0.493 e. The molecule has 0 radical (unpaired) electrons. The summed E-state index contributed by atoms with van der Waals surface area (Å²) in [5.41, 5.74) is 1.53. The fraction of sp³-hybridized carbons (Fsp3) is 0.0800. The lowest BCUT2D eigenvalue weighted by atomic mass is 10.1. The van der Waals surface area contributed by atoms with E-state index in [1.807, 2.05) is 30.3 Å². The third-order valence-corrected chi connectivity index (χ3v) is 5.34. The van der Waals surface area contributed by atoms with Gasteiger partial charge < -0.3 is 19.6 Å². The first-order valence-electron chi connectivity index (χ1n) is 10.2. The van der Waals surface area contributed by atoms with Gasteiger partial charge in [-0.3, -0.25) is 14.0 Å². The van der Waals surface area contributed by atoms with Crippen LogP contribution in [0.3, 0.4) is 0 Å². The van der Waals surface area contributed by atoms with Gasteiger partial charge in [-0.1, -0.05) is 30.3 Å². The second-order valence-electron chi connectivity index (χ2n) is 7.35. The number of benzene rings is 2. The quantitative estimate of drug-likeness (QED) is 0.428. The lowest BCUT2D eigenvalue weighted by Crippen LogP contribution is -2.22. The molecule has 0 saturated heterocycles. The molecular weight excluding hydrogens is 422 g/mol. The molecule has 3 aromatic heterocycles. The van der Waals surface area contributed by atoms with Crippen molar-refractivity contribution >= 4 is 28.1 Å². The average molecular weight is 441 g/mol. The van der Waals surface area contributed by atoms with E-state index in [2.05, 4.69) is 10.3 Å². The molecule has 0 bridgehead atoms. The Morgan fingerprint density at radius 3 is 2.64 bits per heavy atom. The fourth-order valence-corrected chi connectivity index (χ4v) is 3.69. The summed E-state index contributed by atoms with van der Waals surface area (Å²) < 4.78 is 12.6. The molecule has 2 aromatic carbocycles. The summed E-state index contributed by atoms with van der Waals surface area (Å²) in [5, 5.41) is 13.3. The van der Waals surface area contributed by atoms with Gasteiger partial charge in [-0.15, -0.1) is 0 Å². The smallest absolute Gasteiger partial charge is 0.265 e. The Hall–Kier alpha value is -4.43. The highest BCUT2D eigenvalue weighted by Crippen LogP contribution is 2.26. The first-order chi connectivity index (χ1) is 16.1. The zero-order valence-electron chi connectivity index (χ0n) is 17.6. The second-order valence-corrected chi connectivity index (χ2v) is 7.35. The molecule has 5 aromatic rings. The van der Waals surface area contributed by atoms with Crippen molar-refractivity contribution in [3.63, 3.8) is 0 Å². The Morgan fingerprint density at radius 1 is 1.06 bits per heavy atom. The maximum absolute atomic E-state index is 12.9. The number of methoxy groups -OCH3 is 1. The Balaban J connectivity index is 1.60. The number of anilines is 2. The van der Waals surface area contributed by atoms with Gasteiger partial charge in [0.2, 0.25) is 0 Å². The third kappa shape index (κ3) is 3.62. The van der Waals surface area contributed by atoms with E-state index < -0.39 is 12.2 Å². The molecule has 0 spiro atoms. The number of aliphatic hydroxyl groups is 1. The molecule has 164 valence electrons. The van der Waals surface area contributed by atoms with Crippen LogP contribution in [0.15, 0.2) is 86.9 Å². The van der Waals surface area contributed by atoms with Crippen LogP contribution in [0.5, 0.6) is 5.75 Å². The molecule has 0 fully saturated rings. The van der Waals surface area contributed by atoms with Crippen molar-refractivity contribution in [2.45, 2.75) is 6.61 Å².